The van der Waals surface area contributed by atoms with Gasteiger partial charge in [0.2, 0.25) is 0 Å². The van der Waals surface area contributed by atoms with Gasteiger partial charge in [-0.25, -0.2) is 0 Å². The first-order valence-electron chi connectivity index (χ1n) is 5.53. The number of hydrogen-bond acceptors (Lipinski definition) is 3. The van der Waals surface area contributed by atoms with E-state index in [9.17, 15) is 9.90 Å². The molecule has 0 bridgehead atoms. The van der Waals surface area contributed by atoms with E-state index in [0.717, 1.165) is 18.4 Å². The Balaban J connectivity index is 2.26. The van der Waals surface area contributed by atoms with E-state index in [0.29, 0.717) is 5.75 Å². The number of methoxy groups -OCH3 is 1. The molecule has 0 radical (unpaired) electrons. The molecule has 0 saturated carbocycles. The largest absolute Gasteiger partial charge is 0.508 e. The summed E-state index contributed by atoms with van der Waals surface area (Å²) in [5.41, 5.74) is 2.33. The number of rotatable bonds is 2. The van der Waals surface area contributed by atoms with Crippen LogP contribution in [0.2, 0.25) is 0 Å². The van der Waals surface area contributed by atoms with Gasteiger partial charge in [0, 0.05) is 0 Å². The third kappa shape index (κ3) is 1.77. The molecule has 0 amide bonds. The SMILES string of the molecule is COC(=O)C(C)C1CCc2cc(O)ccc21. The van der Waals surface area contributed by atoms with Gasteiger partial charge >= 0.3 is 5.97 Å². The maximum atomic E-state index is 11.5. The van der Waals surface area contributed by atoms with Crippen molar-refractivity contribution in [2.45, 2.75) is 25.7 Å². The summed E-state index contributed by atoms with van der Waals surface area (Å²) in [4.78, 5) is 11.5. The van der Waals surface area contributed by atoms with Gasteiger partial charge in [0.25, 0.3) is 0 Å². The topological polar surface area (TPSA) is 46.5 Å². The first kappa shape index (κ1) is 11.0. The average molecular weight is 220 g/mol. The van der Waals surface area contributed by atoms with Gasteiger partial charge in [0.05, 0.1) is 13.0 Å². The van der Waals surface area contributed by atoms with Crippen LogP contribution in [0.4, 0.5) is 0 Å². The molecule has 1 aromatic rings. The standard InChI is InChI=1S/C13H16O3/c1-8(13(15)16-2)11-5-3-9-7-10(14)4-6-12(9)11/h4,6-8,11,14H,3,5H2,1-2H3. The number of carbonyl (C=O) groups is 1. The molecular weight excluding hydrogens is 204 g/mol. The predicted octanol–water partition coefficient (Wildman–Crippen LogP) is 2.23. The van der Waals surface area contributed by atoms with Crippen molar-refractivity contribution in [1.29, 1.82) is 0 Å². The number of phenolic OH excluding ortho intramolecular Hbond substituents is 1. The second-order valence-electron chi connectivity index (χ2n) is 4.34. The van der Waals surface area contributed by atoms with Crippen LogP contribution < -0.4 is 0 Å². The van der Waals surface area contributed by atoms with Crippen LogP contribution >= 0.6 is 0 Å². The molecule has 0 saturated heterocycles. The first-order chi connectivity index (χ1) is 7.63. The van der Waals surface area contributed by atoms with E-state index in [1.807, 2.05) is 13.0 Å². The van der Waals surface area contributed by atoms with Gasteiger partial charge in [-0.15, -0.1) is 0 Å². The van der Waals surface area contributed by atoms with E-state index < -0.39 is 0 Å². The van der Waals surface area contributed by atoms with Crippen LogP contribution in [-0.4, -0.2) is 18.2 Å². The molecule has 0 spiro atoms. The summed E-state index contributed by atoms with van der Waals surface area (Å²) in [6, 6.07) is 5.39. The Hall–Kier alpha value is -1.51. The van der Waals surface area contributed by atoms with E-state index in [-0.39, 0.29) is 17.8 Å². The number of aromatic hydroxyl groups is 1. The Labute approximate surface area is 95.0 Å². The molecule has 3 nitrogen and oxygen atoms in total. The minimum absolute atomic E-state index is 0.115. The van der Waals surface area contributed by atoms with Gasteiger partial charge in [0.15, 0.2) is 0 Å². The van der Waals surface area contributed by atoms with Crippen molar-refractivity contribution in [3.05, 3.63) is 29.3 Å². The number of aryl methyl sites for hydroxylation is 1. The highest BCUT2D eigenvalue weighted by Gasteiger charge is 2.31. The van der Waals surface area contributed by atoms with Gasteiger partial charge in [-0.3, -0.25) is 4.79 Å². The van der Waals surface area contributed by atoms with Crippen LogP contribution in [0, 0.1) is 5.92 Å². The summed E-state index contributed by atoms with van der Waals surface area (Å²) in [6.07, 6.45) is 1.88. The lowest BCUT2D eigenvalue weighted by atomic mass is 9.89. The zero-order valence-corrected chi connectivity index (χ0v) is 9.56. The lowest BCUT2D eigenvalue weighted by Crippen LogP contribution is -2.19. The lowest BCUT2D eigenvalue weighted by molar-refractivity contribution is -0.145. The molecule has 16 heavy (non-hydrogen) atoms. The summed E-state index contributed by atoms with van der Waals surface area (Å²) >= 11 is 0. The number of benzene rings is 1. The van der Waals surface area contributed by atoms with Crippen molar-refractivity contribution in [3.63, 3.8) is 0 Å². The zero-order chi connectivity index (χ0) is 11.7. The maximum Gasteiger partial charge on any atom is 0.308 e. The normalized spacial score (nSPS) is 20.2. The Morgan fingerprint density at radius 1 is 1.56 bits per heavy atom. The second-order valence-corrected chi connectivity index (χ2v) is 4.34. The van der Waals surface area contributed by atoms with Gasteiger partial charge in [-0.1, -0.05) is 13.0 Å². The van der Waals surface area contributed by atoms with Crippen molar-refractivity contribution >= 4 is 5.97 Å². The first-order valence-corrected chi connectivity index (χ1v) is 5.53. The number of esters is 1. The van der Waals surface area contributed by atoms with Gasteiger partial charge < -0.3 is 9.84 Å². The van der Waals surface area contributed by atoms with Crippen LogP contribution in [-0.2, 0) is 16.0 Å². The van der Waals surface area contributed by atoms with Gasteiger partial charge in [0.1, 0.15) is 5.75 Å². The number of phenols is 1. The Bertz CT molecular complexity index is 412. The second kappa shape index (κ2) is 4.16. The van der Waals surface area contributed by atoms with Gasteiger partial charge in [-0.2, -0.15) is 0 Å². The van der Waals surface area contributed by atoms with Crippen molar-refractivity contribution < 1.29 is 14.6 Å². The summed E-state index contributed by atoms with van der Waals surface area (Å²) < 4.78 is 4.77. The number of carbonyl (C=O) groups excluding carboxylic acids is 1. The summed E-state index contributed by atoms with van der Waals surface area (Å²) in [5, 5.41) is 9.38. The Morgan fingerprint density at radius 2 is 2.31 bits per heavy atom. The molecule has 1 N–H and O–H groups in total. The third-order valence-electron chi connectivity index (χ3n) is 3.43. The van der Waals surface area contributed by atoms with Crippen molar-refractivity contribution in [2.75, 3.05) is 7.11 Å². The molecular formula is C13H16O3. The van der Waals surface area contributed by atoms with E-state index in [2.05, 4.69) is 0 Å². The number of fused-ring (bicyclic) bond motifs is 1. The van der Waals surface area contributed by atoms with Crippen molar-refractivity contribution in [2.24, 2.45) is 5.92 Å². The highest BCUT2D eigenvalue weighted by atomic mass is 16.5. The molecule has 86 valence electrons. The van der Waals surface area contributed by atoms with Crippen molar-refractivity contribution in [3.8, 4) is 5.75 Å². The summed E-state index contributed by atoms with van der Waals surface area (Å²) in [5.74, 6) is 0.245. The molecule has 2 atom stereocenters. The fraction of sp³-hybridized carbons (Fsp3) is 0.462. The minimum atomic E-state index is -0.161. The van der Waals surface area contributed by atoms with Gasteiger partial charge in [-0.05, 0) is 42.0 Å². The predicted molar refractivity (Wildman–Crippen MR) is 60.3 cm³/mol. The monoisotopic (exact) mass is 220 g/mol. The smallest absolute Gasteiger partial charge is 0.308 e. The molecule has 0 aromatic heterocycles. The van der Waals surface area contributed by atoms with E-state index in [4.69, 9.17) is 4.74 Å². The summed E-state index contributed by atoms with van der Waals surface area (Å²) in [6.45, 7) is 1.90. The van der Waals surface area contributed by atoms with E-state index in [1.54, 1.807) is 12.1 Å². The number of hydrogen-bond donors (Lipinski definition) is 1. The molecule has 0 aliphatic heterocycles. The van der Waals surface area contributed by atoms with Crippen molar-refractivity contribution in [1.82, 2.24) is 0 Å². The fourth-order valence-electron chi connectivity index (χ4n) is 2.51. The maximum absolute atomic E-state index is 11.5. The Kier molecular flexibility index (Phi) is 2.86. The molecule has 2 rings (SSSR count). The quantitative estimate of drug-likeness (QED) is 0.777. The molecule has 1 aliphatic rings. The van der Waals surface area contributed by atoms with E-state index >= 15 is 0 Å². The van der Waals surface area contributed by atoms with Crippen LogP contribution in [0.25, 0.3) is 0 Å². The highest BCUT2D eigenvalue weighted by Crippen LogP contribution is 2.39. The molecule has 3 heteroatoms. The van der Waals surface area contributed by atoms with E-state index in [1.165, 1.54) is 12.7 Å². The molecule has 1 aromatic carbocycles. The van der Waals surface area contributed by atoms with Crippen LogP contribution in [0.3, 0.4) is 0 Å². The molecule has 0 heterocycles. The van der Waals surface area contributed by atoms with Crippen LogP contribution in [0.15, 0.2) is 18.2 Å². The van der Waals surface area contributed by atoms with Crippen LogP contribution in [0.1, 0.15) is 30.4 Å². The molecule has 2 unspecified atom stereocenters. The highest BCUT2D eigenvalue weighted by molar-refractivity contribution is 5.73. The summed E-state index contributed by atoms with van der Waals surface area (Å²) in [7, 11) is 1.42. The minimum Gasteiger partial charge on any atom is -0.508 e. The number of ether oxygens (including phenoxy) is 1. The Morgan fingerprint density at radius 3 is 3.00 bits per heavy atom. The average Bonchev–Trinajstić information content (AvgIpc) is 2.69. The lowest BCUT2D eigenvalue weighted by Gasteiger charge is -2.17. The molecule has 1 aliphatic carbocycles. The molecule has 0 fully saturated rings. The third-order valence-corrected chi connectivity index (χ3v) is 3.43. The fourth-order valence-corrected chi connectivity index (χ4v) is 2.51. The van der Waals surface area contributed by atoms with Crippen LogP contribution in [0.5, 0.6) is 5.75 Å². The zero-order valence-electron chi connectivity index (χ0n) is 9.56.